The van der Waals surface area contributed by atoms with Gasteiger partial charge in [0.2, 0.25) is 10.0 Å². The van der Waals surface area contributed by atoms with Crippen LogP contribution in [0.3, 0.4) is 0 Å². The van der Waals surface area contributed by atoms with Gasteiger partial charge in [0.15, 0.2) is 0 Å². The maximum absolute atomic E-state index is 12.1. The normalized spacial score (nSPS) is 14.4. The van der Waals surface area contributed by atoms with Gasteiger partial charge in [0.05, 0.1) is 11.0 Å². The van der Waals surface area contributed by atoms with Crippen molar-refractivity contribution in [3.63, 3.8) is 0 Å². The third kappa shape index (κ3) is 4.80. The topological polar surface area (TPSA) is 66.4 Å². The van der Waals surface area contributed by atoms with E-state index in [-0.39, 0.29) is 9.64 Å². The van der Waals surface area contributed by atoms with Crippen LogP contribution in [0.2, 0.25) is 0 Å². The van der Waals surface area contributed by atoms with Gasteiger partial charge in [-0.25, -0.2) is 13.1 Å². The molecule has 2 N–H and O–H groups in total. The van der Waals surface area contributed by atoms with Gasteiger partial charge in [-0.1, -0.05) is 12.1 Å². The van der Waals surface area contributed by atoms with E-state index < -0.39 is 16.1 Å². The van der Waals surface area contributed by atoms with Gasteiger partial charge in [-0.05, 0) is 44.7 Å². The number of rotatable bonds is 6. The molecule has 1 unspecified atom stereocenters. The lowest BCUT2D eigenvalue weighted by molar-refractivity contribution is 0.199. The second kappa shape index (κ2) is 6.26. The van der Waals surface area contributed by atoms with Gasteiger partial charge in [0.1, 0.15) is 0 Å². The summed E-state index contributed by atoms with van der Waals surface area (Å²) in [6.07, 6.45) is 1.35. The summed E-state index contributed by atoms with van der Waals surface area (Å²) in [4.78, 5) is 0.216. The van der Waals surface area contributed by atoms with Gasteiger partial charge in [0.25, 0.3) is 0 Å². The Morgan fingerprint density at radius 1 is 1.32 bits per heavy atom. The Balaban J connectivity index is 2.83. The molecule has 1 atom stereocenters. The van der Waals surface area contributed by atoms with Gasteiger partial charge in [0, 0.05) is 11.3 Å². The van der Waals surface area contributed by atoms with E-state index in [1.165, 1.54) is 12.1 Å². The zero-order valence-corrected chi connectivity index (χ0v) is 13.3. The summed E-state index contributed by atoms with van der Waals surface area (Å²) < 4.78 is 26.6. The molecule has 0 saturated carbocycles. The quantitative estimate of drug-likeness (QED) is 0.845. The minimum absolute atomic E-state index is 0.146. The van der Waals surface area contributed by atoms with Crippen molar-refractivity contribution in [3.8, 4) is 0 Å². The number of thioether (sulfide) groups is 1. The summed E-state index contributed by atoms with van der Waals surface area (Å²) in [6, 6.07) is 6.27. The average molecular weight is 303 g/mol. The fourth-order valence-corrected chi connectivity index (χ4v) is 2.87. The maximum atomic E-state index is 12.1. The molecular formula is C13H21NO3S2. The zero-order valence-electron chi connectivity index (χ0n) is 11.7. The third-order valence-corrected chi connectivity index (χ3v) is 5.58. The summed E-state index contributed by atoms with van der Waals surface area (Å²) in [5, 5.41) is 9.39. The van der Waals surface area contributed by atoms with Crippen LogP contribution in [0.4, 0.5) is 0 Å². The van der Waals surface area contributed by atoms with Crippen LogP contribution in [0.25, 0.3) is 0 Å². The Hall–Kier alpha value is -0.560. The average Bonchev–Trinajstić information content (AvgIpc) is 2.37. The lowest BCUT2D eigenvalue weighted by atomic mass is 10.1. The molecule has 1 rings (SSSR count). The van der Waals surface area contributed by atoms with Crippen LogP contribution >= 0.6 is 11.8 Å². The number of sulfonamides is 1. The Bertz CT molecular complexity index is 507. The van der Waals surface area contributed by atoms with E-state index in [0.29, 0.717) is 12.1 Å². The molecule has 1 aromatic rings. The van der Waals surface area contributed by atoms with Gasteiger partial charge < -0.3 is 5.11 Å². The van der Waals surface area contributed by atoms with Crippen molar-refractivity contribution in [2.75, 3.05) is 12.8 Å². The van der Waals surface area contributed by atoms with Crippen molar-refractivity contribution in [2.24, 2.45) is 0 Å². The molecule has 0 saturated heterocycles. The van der Waals surface area contributed by atoms with E-state index in [4.69, 9.17) is 0 Å². The lowest BCUT2D eigenvalue weighted by Gasteiger charge is -2.22. The maximum Gasteiger partial charge on any atom is 0.240 e. The van der Waals surface area contributed by atoms with Crippen LogP contribution < -0.4 is 4.72 Å². The number of benzene rings is 1. The van der Waals surface area contributed by atoms with Gasteiger partial charge in [-0.3, -0.25) is 0 Å². The molecular weight excluding hydrogens is 282 g/mol. The molecule has 6 heteroatoms. The van der Waals surface area contributed by atoms with E-state index in [1.54, 1.807) is 30.8 Å². The minimum atomic E-state index is -3.49. The molecule has 0 aliphatic rings. The molecule has 0 fully saturated rings. The number of hydrogen-bond acceptors (Lipinski definition) is 4. The van der Waals surface area contributed by atoms with Crippen LogP contribution in [0.1, 0.15) is 32.4 Å². The minimum Gasteiger partial charge on any atom is -0.389 e. The highest BCUT2D eigenvalue weighted by molar-refractivity contribution is 8.00. The van der Waals surface area contributed by atoms with Crippen molar-refractivity contribution in [1.82, 2.24) is 4.72 Å². The first-order chi connectivity index (χ1) is 8.68. The fourth-order valence-electron chi connectivity index (χ4n) is 1.35. The largest absolute Gasteiger partial charge is 0.389 e. The Labute approximate surface area is 119 Å². The highest BCUT2D eigenvalue weighted by Gasteiger charge is 2.21. The predicted molar refractivity (Wildman–Crippen MR) is 79.9 cm³/mol. The molecule has 0 bridgehead atoms. The molecule has 0 aliphatic heterocycles. The van der Waals surface area contributed by atoms with Crippen molar-refractivity contribution in [2.45, 2.75) is 36.5 Å². The number of aliphatic hydroxyl groups is 1. The molecule has 0 heterocycles. The third-order valence-electron chi connectivity index (χ3n) is 2.91. The molecule has 0 radical (unpaired) electrons. The zero-order chi connectivity index (χ0) is 14.7. The Morgan fingerprint density at radius 3 is 2.26 bits per heavy atom. The number of aliphatic hydroxyl groups excluding tert-OH is 1. The second-order valence-electron chi connectivity index (χ2n) is 5.03. The van der Waals surface area contributed by atoms with E-state index >= 15 is 0 Å². The van der Waals surface area contributed by atoms with Crippen LogP contribution in [-0.2, 0) is 10.0 Å². The molecule has 1 aromatic carbocycles. The molecule has 0 aromatic heterocycles. The van der Waals surface area contributed by atoms with Gasteiger partial charge in [-0.2, -0.15) is 11.8 Å². The SMILES string of the molecule is CSC(C)(C)CNS(=O)(=O)c1ccc(C(C)O)cc1. The standard InChI is InChI=1S/C13H21NO3S2/c1-10(15)11-5-7-12(8-6-11)19(16,17)14-9-13(2,3)18-4/h5-8,10,14-15H,9H2,1-4H3. The highest BCUT2D eigenvalue weighted by atomic mass is 32.2. The molecule has 108 valence electrons. The van der Waals surface area contributed by atoms with Crippen LogP contribution in [0, 0.1) is 0 Å². The molecule has 0 aliphatic carbocycles. The molecule has 0 amide bonds. The van der Waals surface area contributed by atoms with Gasteiger partial charge >= 0.3 is 0 Å². The summed E-state index contributed by atoms with van der Waals surface area (Å²) >= 11 is 1.61. The first kappa shape index (κ1) is 16.5. The monoisotopic (exact) mass is 303 g/mol. The summed E-state index contributed by atoms with van der Waals surface area (Å²) in [7, 11) is -3.49. The highest BCUT2D eigenvalue weighted by Crippen LogP contribution is 2.21. The molecule has 4 nitrogen and oxygen atoms in total. The Morgan fingerprint density at radius 2 is 1.84 bits per heavy atom. The van der Waals surface area contributed by atoms with Crippen LogP contribution in [0.5, 0.6) is 0 Å². The van der Waals surface area contributed by atoms with E-state index in [0.717, 1.165) is 0 Å². The van der Waals surface area contributed by atoms with Crippen molar-refractivity contribution in [3.05, 3.63) is 29.8 Å². The fraction of sp³-hybridized carbons (Fsp3) is 0.538. The van der Waals surface area contributed by atoms with Crippen molar-refractivity contribution >= 4 is 21.8 Å². The van der Waals surface area contributed by atoms with E-state index in [2.05, 4.69) is 4.72 Å². The van der Waals surface area contributed by atoms with Crippen LogP contribution in [0.15, 0.2) is 29.2 Å². The first-order valence-electron chi connectivity index (χ1n) is 6.01. The summed E-state index contributed by atoms with van der Waals surface area (Å²) in [5.41, 5.74) is 0.698. The lowest BCUT2D eigenvalue weighted by Crippen LogP contribution is -2.36. The number of nitrogens with one attached hydrogen (secondary N) is 1. The van der Waals surface area contributed by atoms with Crippen molar-refractivity contribution in [1.29, 1.82) is 0 Å². The molecule has 19 heavy (non-hydrogen) atoms. The molecule has 0 spiro atoms. The number of hydrogen-bond donors (Lipinski definition) is 2. The smallest absolute Gasteiger partial charge is 0.240 e. The van der Waals surface area contributed by atoms with E-state index in [1.807, 2.05) is 20.1 Å². The predicted octanol–water partition coefficient (Wildman–Crippen LogP) is 2.16. The van der Waals surface area contributed by atoms with Gasteiger partial charge in [-0.15, -0.1) is 0 Å². The van der Waals surface area contributed by atoms with Crippen LogP contribution in [-0.4, -0.2) is 31.1 Å². The summed E-state index contributed by atoms with van der Waals surface area (Å²) in [5.74, 6) is 0. The van der Waals surface area contributed by atoms with Crippen molar-refractivity contribution < 1.29 is 13.5 Å². The van der Waals surface area contributed by atoms with E-state index in [9.17, 15) is 13.5 Å². The Kier molecular flexibility index (Phi) is 5.43. The summed E-state index contributed by atoms with van der Waals surface area (Å²) in [6.45, 7) is 5.98. The first-order valence-corrected chi connectivity index (χ1v) is 8.71. The second-order valence-corrected chi connectivity index (χ2v) is 8.31.